The highest BCUT2D eigenvalue weighted by atomic mass is 32.2. The smallest absolute Gasteiger partial charge is 0.313 e. The number of anilines is 1. The third kappa shape index (κ3) is 4.77. The predicted molar refractivity (Wildman–Crippen MR) is 103 cm³/mol. The Bertz CT molecular complexity index is 689. The van der Waals surface area contributed by atoms with Crippen LogP contribution in [0.1, 0.15) is 24.8 Å². The van der Waals surface area contributed by atoms with Gasteiger partial charge >= 0.3 is 11.8 Å². The van der Waals surface area contributed by atoms with Gasteiger partial charge in [0.2, 0.25) is 0 Å². The summed E-state index contributed by atoms with van der Waals surface area (Å²) in [6.45, 7) is 2.68. The third-order valence-electron chi connectivity index (χ3n) is 5.12. The van der Waals surface area contributed by atoms with Gasteiger partial charge in [0.1, 0.15) is 6.07 Å². The molecule has 0 aliphatic carbocycles. The van der Waals surface area contributed by atoms with Crippen molar-refractivity contribution in [2.45, 2.75) is 25.3 Å². The highest BCUT2D eigenvalue weighted by Crippen LogP contribution is 2.26. The van der Waals surface area contributed by atoms with Gasteiger partial charge in [-0.2, -0.15) is 17.0 Å². The highest BCUT2D eigenvalue weighted by molar-refractivity contribution is 7.99. The first-order valence-electron chi connectivity index (χ1n) is 9.07. The molecule has 2 saturated heterocycles. The SMILES string of the molecule is N#Cc1ccccc1NC(=O)C(=O)NCC1CCN(C2CCSC2)CC1. The summed E-state index contributed by atoms with van der Waals surface area (Å²) in [6, 6.07) is 9.36. The number of nitrogens with zero attached hydrogens (tertiary/aromatic N) is 2. The van der Waals surface area contributed by atoms with Gasteiger partial charge in [0.15, 0.2) is 0 Å². The van der Waals surface area contributed by atoms with Crippen molar-refractivity contribution in [2.75, 3.05) is 36.5 Å². The van der Waals surface area contributed by atoms with Crippen LogP contribution in [0, 0.1) is 17.2 Å². The quantitative estimate of drug-likeness (QED) is 0.788. The number of amides is 2. The molecule has 7 heteroatoms. The molecule has 26 heavy (non-hydrogen) atoms. The fourth-order valence-electron chi connectivity index (χ4n) is 3.52. The Balaban J connectivity index is 1.41. The standard InChI is InChI=1S/C19H24N4O2S/c20-11-15-3-1-2-4-17(15)22-19(25)18(24)21-12-14-5-8-23(9-6-14)16-7-10-26-13-16/h1-4,14,16H,5-10,12-13H2,(H,21,24)(H,22,25). The summed E-state index contributed by atoms with van der Waals surface area (Å²) in [7, 11) is 0. The van der Waals surface area contributed by atoms with Crippen LogP contribution in [0.15, 0.2) is 24.3 Å². The van der Waals surface area contributed by atoms with Crippen LogP contribution in [0.5, 0.6) is 0 Å². The molecule has 2 fully saturated rings. The van der Waals surface area contributed by atoms with E-state index >= 15 is 0 Å². The monoisotopic (exact) mass is 372 g/mol. The van der Waals surface area contributed by atoms with Gasteiger partial charge in [-0.1, -0.05) is 12.1 Å². The van der Waals surface area contributed by atoms with Gasteiger partial charge in [-0.15, -0.1) is 0 Å². The number of nitrogens with one attached hydrogen (secondary N) is 2. The van der Waals surface area contributed by atoms with Crippen molar-refractivity contribution in [3.8, 4) is 6.07 Å². The molecule has 0 spiro atoms. The molecule has 2 heterocycles. The summed E-state index contributed by atoms with van der Waals surface area (Å²) in [5.41, 5.74) is 0.698. The number of rotatable bonds is 4. The number of benzene rings is 1. The van der Waals surface area contributed by atoms with Gasteiger partial charge in [-0.3, -0.25) is 14.5 Å². The summed E-state index contributed by atoms with van der Waals surface area (Å²) in [5, 5.41) is 14.3. The zero-order chi connectivity index (χ0) is 18.4. The summed E-state index contributed by atoms with van der Waals surface area (Å²) in [4.78, 5) is 26.7. The van der Waals surface area contributed by atoms with Crippen LogP contribution in [0.3, 0.4) is 0 Å². The van der Waals surface area contributed by atoms with Crippen molar-refractivity contribution in [1.82, 2.24) is 10.2 Å². The van der Waals surface area contributed by atoms with Crippen LogP contribution in [-0.4, -0.2) is 53.9 Å². The molecule has 0 aromatic heterocycles. The molecular weight excluding hydrogens is 348 g/mol. The van der Waals surface area contributed by atoms with E-state index in [0.29, 0.717) is 23.7 Å². The first-order valence-corrected chi connectivity index (χ1v) is 10.2. The van der Waals surface area contributed by atoms with E-state index < -0.39 is 11.8 Å². The summed E-state index contributed by atoms with van der Waals surface area (Å²) in [5.74, 6) is 1.56. The minimum Gasteiger partial charge on any atom is -0.348 e. The van der Waals surface area contributed by atoms with Crippen LogP contribution in [0.25, 0.3) is 0 Å². The molecule has 2 aliphatic rings. The number of hydrogen-bond donors (Lipinski definition) is 2. The van der Waals surface area contributed by atoms with Crippen LogP contribution in [0.2, 0.25) is 0 Å². The lowest BCUT2D eigenvalue weighted by atomic mass is 9.95. The average Bonchev–Trinajstić information content (AvgIpc) is 3.21. The molecule has 2 N–H and O–H groups in total. The second-order valence-corrected chi connectivity index (χ2v) is 7.97. The fraction of sp³-hybridized carbons (Fsp3) is 0.526. The molecule has 2 amide bonds. The van der Waals surface area contributed by atoms with Crippen molar-refractivity contribution < 1.29 is 9.59 Å². The maximum atomic E-state index is 12.0. The Morgan fingerprint density at radius 2 is 1.96 bits per heavy atom. The summed E-state index contributed by atoms with van der Waals surface area (Å²) in [6.07, 6.45) is 3.40. The summed E-state index contributed by atoms with van der Waals surface area (Å²) >= 11 is 2.03. The molecule has 3 rings (SSSR count). The van der Waals surface area contributed by atoms with Crippen molar-refractivity contribution in [2.24, 2.45) is 5.92 Å². The number of hydrogen-bond acceptors (Lipinski definition) is 5. The van der Waals surface area contributed by atoms with Crippen LogP contribution < -0.4 is 10.6 Å². The minimum atomic E-state index is -0.729. The lowest BCUT2D eigenvalue weighted by Gasteiger charge is -2.35. The number of piperidine rings is 1. The van der Waals surface area contributed by atoms with Crippen molar-refractivity contribution >= 4 is 29.3 Å². The minimum absolute atomic E-state index is 0.339. The Labute approximate surface area is 158 Å². The largest absolute Gasteiger partial charge is 0.348 e. The Morgan fingerprint density at radius 1 is 1.19 bits per heavy atom. The fourth-order valence-corrected chi connectivity index (χ4v) is 4.77. The second kappa shape index (κ2) is 9.06. The van der Waals surface area contributed by atoms with Crippen LogP contribution in [-0.2, 0) is 9.59 Å². The molecule has 1 aromatic rings. The van der Waals surface area contributed by atoms with E-state index in [0.717, 1.165) is 32.0 Å². The van der Waals surface area contributed by atoms with Crippen molar-refractivity contribution in [1.29, 1.82) is 5.26 Å². The average molecular weight is 372 g/mol. The lowest BCUT2D eigenvalue weighted by molar-refractivity contribution is -0.136. The first-order chi connectivity index (χ1) is 12.7. The van der Waals surface area contributed by atoms with E-state index in [1.165, 1.54) is 17.9 Å². The van der Waals surface area contributed by atoms with Gasteiger partial charge in [-0.25, -0.2) is 0 Å². The topological polar surface area (TPSA) is 85.2 Å². The lowest BCUT2D eigenvalue weighted by Crippen LogP contribution is -2.45. The van der Waals surface area contributed by atoms with Gasteiger partial charge < -0.3 is 10.6 Å². The molecule has 0 radical (unpaired) electrons. The Hall–Kier alpha value is -2.04. The second-order valence-electron chi connectivity index (χ2n) is 6.82. The van der Waals surface area contributed by atoms with Gasteiger partial charge in [0, 0.05) is 18.3 Å². The third-order valence-corrected chi connectivity index (χ3v) is 6.27. The number of nitriles is 1. The van der Waals surface area contributed by atoms with E-state index in [2.05, 4.69) is 15.5 Å². The molecule has 1 atom stereocenters. The molecular formula is C19H24N4O2S. The zero-order valence-electron chi connectivity index (χ0n) is 14.7. The van der Waals surface area contributed by atoms with Gasteiger partial charge in [0.25, 0.3) is 0 Å². The van der Waals surface area contributed by atoms with E-state index in [1.807, 2.05) is 17.8 Å². The van der Waals surface area contributed by atoms with Crippen LogP contribution in [0.4, 0.5) is 5.69 Å². The van der Waals surface area contributed by atoms with Crippen molar-refractivity contribution in [3.05, 3.63) is 29.8 Å². The van der Waals surface area contributed by atoms with E-state index in [9.17, 15) is 9.59 Å². The summed E-state index contributed by atoms with van der Waals surface area (Å²) < 4.78 is 0. The Kier molecular flexibility index (Phi) is 6.53. The molecule has 6 nitrogen and oxygen atoms in total. The normalized spacial score (nSPS) is 21.1. The predicted octanol–water partition coefficient (Wildman–Crippen LogP) is 1.83. The molecule has 1 unspecified atom stereocenters. The van der Waals surface area contributed by atoms with Gasteiger partial charge in [-0.05, 0) is 56.2 Å². The van der Waals surface area contributed by atoms with E-state index in [4.69, 9.17) is 5.26 Å². The molecule has 1 aromatic carbocycles. The van der Waals surface area contributed by atoms with E-state index in [-0.39, 0.29) is 0 Å². The van der Waals surface area contributed by atoms with E-state index in [1.54, 1.807) is 24.3 Å². The number of carbonyl (C=O) groups excluding carboxylic acids is 2. The number of thioether (sulfide) groups is 1. The number of likely N-dealkylation sites (tertiary alicyclic amines) is 1. The van der Waals surface area contributed by atoms with Gasteiger partial charge in [0.05, 0.1) is 11.3 Å². The highest BCUT2D eigenvalue weighted by Gasteiger charge is 2.27. The molecule has 2 aliphatic heterocycles. The maximum Gasteiger partial charge on any atom is 0.313 e. The first kappa shape index (κ1) is 18.7. The van der Waals surface area contributed by atoms with Crippen molar-refractivity contribution in [3.63, 3.8) is 0 Å². The maximum absolute atomic E-state index is 12.0. The van der Waals surface area contributed by atoms with Crippen LogP contribution >= 0.6 is 11.8 Å². The number of carbonyl (C=O) groups is 2. The molecule has 0 bridgehead atoms. The molecule has 138 valence electrons. The Morgan fingerprint density at radius 3 is 2.65 bits per heavy atom. The molecule has 0 saturated carbocycles. The zero-order valence-corrected chi connectivity index (χ0v) is 15.6. The number of para-hydroxylation sites is 1.